The Morgan fingerprint density at radius 2 is 2.07 bits per heavy atom. The van der Waals surface area contributed by atoms with E-state index in [0.29, 0.717) is 5.92 Å². The van der Waals surface area contributed by atoms with Crippen molar-refractivity contribution in [2.24, 2.45) is 11.8 Å². The Balaban J connectivity index is 2.45. The average Bonchev–Trinajstić information content (AvgIpc) is 2.26. The van der Waals surface area contributed by atoms with Crippen molar-refractivity contribution >= 4 is 6.29 Å². The van der Waals surface area contributed by atoms with Crippen LogP contribution in [0.4, 0.5) is 0 Å². The largest absolute Gasteiger partial charge is 0.353 e. The van der Waals surface area contributed by atoms with Gasteiger partial charge < -0.3 is 14.3 Å². The zero-order valence-corrected chi connectivity index (χ0v) is 9.94. The van der Waals surface area contributed by atoms with Gasteiger partial charge >= 0.3 is 0 Å². The van der Waals surface area contributed by atoms with Crippen molar-refractivity contribution in [3.63, 3.8) is 0 Å². The lowest BCUT2D eigenvalue weighted by atomic mass is 9.96. The molecule has 0 spiro atoms. The summed E-state index contributed by atoms with van der Waals surface area (Å²) in [5.41, 5.74) is 0. The lowest BCUT2D eigenvalue weighted by Gasteiger charge is -2.31. The molecule has 3 nitrogen and oxygen atoms in total. The van der Waals surface area contributed by atoms with Gasteiger partial charge in [-0.05, 0) is 25.2 Å². The highest BCUT2D eigenvalue weighted by atomic mass is 16.7. The summed E-state index contributed by atoms with van der Waals surface area (Å²) < 4.78 is 11.4. The molecule has 0 aromatic carbocycles. The van der Waals surface area contributed by atoms with Crippen molar-refractivity contribution in [3.8, 4) is 0 Å². The summed E-state index contributed by atoms with van der Waals surface area (Å²) in [5, 5.41) is 0. The first kappa shape index (κ1) is 12.7. The lowest BCUT2D eigenvalue weighted by Crippen LogP contribution is -2.35. The normalized spacial score (nSPS) is 26.3. The molecule has 88 valence electrons. The standard InChI is InChI=1S/C12H22O3/c1-9(2)12(10(3)8-13)15-11-6-4-5-7-14-11/h8-12H,4-7H2,1-3H3/t10-,11+,12+/m0/s1. The topological polar surface area (TPSA) is 35.5 Å². The second-order valence-corrected chi connectivity index (χ2v) is 4.64. The van der Waals surface area contributed by atoms with E-state index in [-0.39, 0.29) is 18.3 Å². The third-order valence-electron chi connectivity index (χ3n) is 2.84. The molecule has 3 atom stereocenters. The van der Waals surface area contributed by atoms with Crippen molar-refractivity contribution in [2.75, 3.05) is 6.61 Å². The quantitative estimate of drug-likeness (QED) is 0.659. The minimum atomic E-state index is -0.103. The molecule has 0 unspecified atom stereocenters. The minimum absolute atomic E-state index is 0.0226. The fourth-order valence-corrected chi connectivity index (χ4v) is 1.96. The summed E-state index contributed by atoms with van der Waals surface area (Å²) in [5.74, 6) is 0.284. The number of carbonyl (C=O) groups excluding carboxylic acids is 1. The summed E-state index contributed by atoms with van der Waals surface area (Å²) >= 11 is 0. The molecule has 1 fully saturated rings. The summed E-state index contributed by atoms with van der Waals surface area (Å²) in [6.45, 7) is 6.84. The van der Waals surface area contributed by atoms with Crippen LogP contribution in [-0.2, 0) is 14.3 Å². The molecular formula is C12H22O3. The predicted molar refractivity (Wildman–Crippen MR) is 58.5 cm³/mol. The monoisotopic (exact) mass is 214 g/mol. The Bertz CT molecular complexity index is 185. The molecular weight excluding hydrogens is 192 g/mol. The number of carbonyl (C=O) groups is 1. The van der Waals surface area contributed by atoms with Gasteiger partial charge in [0.2, 0.25) is 0 Å². The van der Waals surface area contributed by atoms with Crippen LogP contribution in [0.5, 0.6) is 0 Å². The second kappa shape index (κ2) is 6.23. The van der Waals surface area contributed by atoms with Crippen LogP contribution in [-0.4, -0.2) is 25.3 Å². The van der Waals surface area contributed by atoms with Crippen LogP contribution in [0.25, 0.3) is 0 Å². The van der Waals surface area contributed by atoms with Crippen molar-refractivity contribution in [2.45, 2.75) is 52.4 Å². The van der Waals surface area contributed by atoms with Crippen LogP contribution in [0, 0.1) is 11.8 Å². The van der Waals surface area contributed by atoms with E-state index >= 15 is 0 Å². The van der Waals surface area contributed by atoms with Crippen LogP contribution < -0.4 is 0 Å². The van der Waals surface area contributed by atoms with Gasteiger partial charge in [-0.1, -0.05) is 20.8 Å². The van der Waals surface area contributed by atoms with Crippen molar-refractivity contribution in [1.82, 2.24) is 0 Å². The molecule has 3 heteroatoms. The van der Waals surface area contributed by atoms with Crippen LogP contribution in [0.15, 0.2) is 0 Å². The molecule has 1 saturated heterocycles. The first-order chi connectivity index (χ1) is 7.15. The molecule has 1 heterocycles. The molecule has 1 rings (SSSR count). The molecule has 0 amide bonds. The Labute approximate surface area is 92.1 Å². The van der Waals surface area contributed by atoms with E-state index in [2.05, 4.69) is 13.8 Å². The summed E-state index contributed by atoms with van der Waals surface area (Å²) in [6, 6.07) is 0. The van der Waals surface area contributed by atoms with Gasteiger partial charge in [-0.25, -0.2) is 0 Å². The molecule has 0 aromatic rings. The van der Waals surface area contributed by atoms with Gasteiger partial charge in [0.05, 0.1) is 6.10 Å². The number of rotatable bonds is 5. The SMILES string of the molecule is CC(C)[C@@H](O[C@@H]1CCCCO1)[C@@H](C)C=O. The van der Waals surface area contributed by atoms with Gasteiger partial charge in [0, 0.05) is 12.5 Å². The van der Waals surface area contributed by atoms with E-state index in [4.69, 9.17) is 9.47 Å². The van der Waals surface area contributed by atoms with Crippen LogP contribution in [0.1, 0.15) is 40.0 Å². The van der Waals surface area contributed by atoms with Crippen molar-refractivity contribution < 1.29 is 14.3 Å². The summed E-state index contributed by atoms with van der Waals surface area (Å²) in [7, 11) is 0. The van der Waals surface area contributed by atoms with E-state index in [0.717, 1.165) is 32.2 Å². The molecule has 15 heavy (non-hydrogen) atoms. The highest BCUT2D eigenvalue weighted by Crippen LogP contribution is 2.22. The van der Waals surface area contributed by atoms with Gasteiger partial charge in [0.15, 0.2) is 6.29 Å². The van der Waals surface area contributed by atoms with E-state index in [1.807, 2.05) is 6.92 Å². The third-order valence-corrected chi connectivity index (χ3v) is 2.84. The molecule has 0 aromatic heterocycles. The highest BCUT2D eigenvalue weighted by Gasteiger charge is 2.26. The van der Waals surface area contributed by atoms with E-state index in [1.165, 1.54) is 0 Å². The summed E-state index contributed by atoms with van der Waals surface area (Å²) in [4.78, 5) is 10.8. The minimum Gasteiger partial charge on any atom is -0.353 e. The second-order valence-electron chi connectivity index (χ2n) is 4.64. The molecule has 0 saturated carbocycles. The third kappa shape index (κ3) is 3.92. The van der Waals surface area contributed by atoms with Crippen molar-refractivity contribution in [1.29, 1.82) is 0 Å². The first-order valence-electron chi connectivity index (χ1n) is 5.87. The Hall–Kier alpha value is -0.410. The lowest BCUT2D eigenvalue weighted by molar-refractivity contribution is -0.204. The maximum absolute atomic E-state index is 10.8. The Morgan fingerprint density at radius 1 is 1.33 bits per heavy atom. The summed E-state index contributed by atoms with van der Waals surface area (Å²) in [6.07, 6.45) is 4.07. The fraction of sp³-hybridized carbons (Fsp3) is 0.917. The smallest absolute Gasteiger partial charge is 0.157 e. The molecule has 1 aliphatic rings. The Morgan fingerprint density at radius 3 is 2.53 bits per heavy atom. The maximum Gasteiger partial charge on any atom is 0.157 e. The van der Waals surface area contributed by atoms with Crippen LogP contribution in [0.2, 0.25) is 0 Å². The van der Waals surface area contributed by atoms with Crippen LogP contribution in [0.3, 0.4) is 0 Å². The molecule has 0 N–H and O–H groups in total. The van der Waals surface area contributed by atoms with Gasteiger partial charge in [0.1, 0.15) is 6.29 Å². The highest BCUT2D eigenvalue weighted by molar-refractivity contribution is 5.53. The first-order valence-corrected chi connectivity index (χ1v) is 5.87. The van der Waals surface area contributed by atoms with Crippen LogP contribution >= 0.6 is 0 Å². The number of hydrogen-bond donors (Lipinski definition) is 0. The van der Waals surface area contributed by atoms with E-state index in [9.17, 15) is 4.79 Å². The molecule has 0 radical (unpaired) electrons. The molecule has 0 bridgehead atoms. The predicted octanol–water partition coefficient (Wildman–Crippen LogP) is 2.39. The van der Waals surface area contributed by atoms with Gasteiger partial charge in [-0.15, -0.1) is 0 Å². The van der Waals surface area contributed by atoms with Gasteiger partial charge in [-0.2, -0.15) is 0 Å². The Kier molecular flexibility index (Phi) is 5.26. The van der Waals surface area contributed by atoms with E-state index in [1.54, 1.807) is 0 Å². The zero-order chi connectivity index (χ0) is 11.3. The molecule has 1 aliphatic heterocycles. The van der Waals surface area contributed by atoms with Gasteiger partial charge in [-0.3, -0.25) is 0 Å². The van der Waals surface area contributed by atoms with Crippen molar-refractivity contribution in [3.05, 3.63) is 0 Å². The fourth-order valence-electron chi connectivity index (χ4n) is 1.96. The zero-order valence-electron chi connectivity index (χ0n) is 9.94. The number of hydrogen-bond acceptors (Lipinski definition) is 3. The maximum atomic E-state index is 10.8. The van der Waals surface area contributed by atoms with E-state index < -0.39 is 0 Å². The number of ether oxygens (including phenoxy) is 2. The molecule has 0 aliphatic carbocycles. The average molecular weight is 214 g/mol. The number of aldehydes is 1. The van der Waals surface area contributed by atoms with Gasteiger partial charge in [0.25, 0.3) is 0 Å².